The first-order valence-electron chi connectivity index (χ1n) is 10.6. The van der Waals surface area contributed by atoms with Gasteiger partial charge < -0.3 is 4.90 Å². The summed E-state index contributed by atoms with van der Waals surface area (Å²) in [5.41, 5.74) is 4.62. The SMILES string of the molecule is O=C(CN1CCN(Cc2nc(-c3ccccc3)cs2)CC1)N1CCc2ccccc21. The number of fused-ring (bicyclic) bond motifs is 1. The van der Waals surface area contributed by atoms with Gasteiger partial charge in [-0.15, -0.1) is 11.3 Å². The van der Waals surface area contributed by atoms with E-state index < -0.39 is 0 Å². The minimum Gasteiger partial charge on any atom is -0.311 e. The van der Waals surface area contributed by atoms with Crippen LogP contribution in [-0.2, 0) is 17.8 Å². The lowest BCUT2D eigenvalue weighted by Gasteiger charge is -2.34. The highest BCUT2D eigenvalue weighted by Gasteiger charge is 2.27. The monoisotopic (exact) mass is 418 g/mol. The molecule has 1 amide bonds. The molecule has 1 aromatic heterocycles. The molecule has 0 saturated carbocycles. The van der Waals surface area contributed by atoms with Gasteiger partial charge in [-0.05, 0) is 18.1 Å². The molecule has 1 fully saturated rings. The molecule has 6 heteroatoms. The first kappa shape index (κ1) is 19.4. The highest BCUT2D eigenvalue weighted by atomic mass is 32.1. The summed E-state index contributed by atoms with van der Waals surface area (Å²) in [5, 5.41) is 3.31. The standard InChI is InChI=1S/C24H26N4OS/c29-24(28-11-10-20-8-4-5-9-22(20)28)17-27-14-12-26(13-15-27)16-23-25-21(18-30-23)19-6-2-1-3-7-19/h1-9,18H,10-17H2. The predicted octanol–water partition coefficient (Wildman–Crippen LogP) is 3.52. The molecule has 0 atom stereocenters. The van der Waals surface area contributed by atoms with E-state index in [4.69, 9.17) is 4.98 Å². The smallest absolute Gasteiger partial charge is 0.241 e. The summed E-state index contributed by atoms with van der Waals surface area (Å²) < 4.78 is 0. The third kappa shape index (κ3) is 4.17. The quantitative estimate of drug-likeness (QED) is 0.636. The van der Waals surface area contributed by atoms with E-state index in [1.54, 1.807) is 11.3 Å². The molecule has 1 saturated heterocycles. The minimum absolute atomic E-state index is 0.223. The van der Waals surface area contributed by atoms with Gasteiger partial charge in [-0.1, -0.05) is 48.5 Å². The van der Waals surface area contributed by atoms with E-state index in [-0.39, 0.29) is 5.91 Å². The fourth-order valence-corrected chi connectivity index (χ4v) is 5.14. The van der Waals surface area contributed by atoms with Gasteiger partial charge in [0.25, 0.3) is 0 Å². The van der Waals surface area contributed by atoms with Gasteiger partial charge in [-0.2, -0.15) is 0 Å². The van der Waals surface area contributed by atoms with Crippen LogP contribution in [0.2, 0.25) is 0 Å². The minimum atomic E-state index is 0.223. The van der Waals surface area contributed by atoms with Gasteiger partial charge >= 0.3 is 0 Å². The van der Waals surface area contributed by atoms with Crippen LogP contribution < -0.4 is 4.90 Å². The number of hydrogen-bond donors (Lipinski definition) is 0. The van der Waals surface area contributed by atoms with Crippen LogP contribution in [-0.4, -0.2) is 60.0 Å². The fraction of sp³-hybridized carbons (Fsp3) is 0.333. The largest absolute Gasteiger partial charge is 0.311 e. The van der Waals surface area contributed by atoms with Crippen LogP contribution >= 0.6 is 11.3 Å². The molecule has 0 aliphatic carbocycles. The average molecular weight is 419 g/mol. The van der Waals surface area contributed by atoms with Crippen LogP contribution in [0, 0.1) is 0 Å². The van der Waals surface area contributed by atoms with E-state index in [0.717, 1.165) is 62.1 Å². The Bertz CT molecular complexity index is 1010. The molecule has 3 aromatic rings. The Hall–Kier alpha value is -2.54. The number of aromatic nitrogens is 1. The van der Waals surface area contributed by atoms with E-state index in [9.17, 15) is 4.79 Å². The summed E-state index contributed by atoms with van der Waals surface area (Å²) in [4.78, 5) is 24.4. The average Bonchev–Trinajstić information content (AvgIpc) is 3.43. The van der Waals surface area contributed by atoms with Crippen molar-refractivity contribution in [1.29, 1.82) is 0 Å². The zero-order chi connectivity index (χ0) is 20.3. The van der Waals surface area contributed by atoms with Gasteiger partial charge in [0.15, 0.2) is 0 Å². The van der Waals surface area contributed by atoms with E-state index in [1.807, 2.05) is 17.0 Å². The number of amides is 1. The van der Waals surface area contributed by atoms with Crippen LogP contribution in [0.3, 0.4) is 0 Å². The van der Waals surface area contributed by atoms with E-state index in [2.05, 4.69) is 57.6 Å². The van der Waals surface area contributed by atoms with Gasteiger partial charge in [0.2, 0.25) is 5.91 Å². The Kier molecular flexibility index (Phi) is 5.62. The third-order valence-corrected chi connectivity index (χ3v) is 6.83. The number of para-hydroxylation sites is 1. The molecule has 0 spiro atoms. The normalized spacial score (nSPS) is 17.3. The lowest BCUT2D eigenvalue weighted by atomic mass is 10.2. The number of anilines is 1. The molecule has 2 aromatic carbocycles. The number of rotatable bonds is 5. The van der Waals surface area contributed by atoms with Crippen molar-refractivity contribution in [1.82, 2.24) is 14.8 Å². The molecule has 30 heavy (non-hydrogen) atoms. The van der Waals surface area contributed by atoms with Gasteiger partial charge in [-0.25, -0.2) is 4.98 Å². The number of hydrogen-bond acceptors (Lipinski definition) is 5. The van der Waals surface area contributed by atoms with E-state index >= 15 is 0 Å². The molecule has 0 unspecified atom stereocenters. The maximum Gasteiger partial charge on any atom is 0.241 e. The Balaban J connectivity index is 1.12. The first-order valence-corrected chi connectivity index (χ1v) is 11.5. The fourth-order valence-electron chi connectivity index (χ4n) is 4.30. The number of carbonyl (C=O) groups is 1. The molecule has 0 bridgehead atoms. The van der Waals surface area contributed by atoms with Crippen molar-refractivity contribution < 1.29 is 4.79 Å². The van der Waals surface area contributed by atoms with Crippen LogP contribution in [0.5, 0.6) is 0 Å². The Morgan fingerprint density at radius 2 is 1.63 bits per heavy atom. The summed E-state index contributed by atoms with van der Waals surface area (Å²) in [6.07, 6.45) is 0.967. The second kappa shape index (κ2) is 8.68. The molecule has 5 rings (SSSR count). The number of nitrogens with zero attached hydrogens (tertiary/aromatic N) is 4. The third-order valence-electron chi connectivity index (χ3n) is 5.99. The highest BCUT2D eigenvalue weighted by Crippen LogP contribution is 2.27. The predicted molar refractivity (Wildman–Crippen MR) is 122 cm³/mol. The lowest BCUT2D eigenvalue weighted by molar-refractivity contribution is -0.120. The maximum absolute atomic E-state index is 12.8. The molecule has 2 aliphatic rings. The molecule has 0 radical (unpaired) electrons. The summed E-state index contributed by atoms with van der Waals surface area (Å²) >= 11 is 1.73. The van der Waals surface area contributed by atoms with Crippen molar-refractivity contribution in [3.63, 3.8) is 0 Å². The van der Waals surface area contributed by atoms with E-state index in [1.165, 1.54) is 11.1 Å². The van der Waals surface area contributed by atoms with Crippen molar-refractivity contribution >= 4 is 22.9 Å². The topological polar surface area (TPSA) is 39.7 Å². The number of piperazine rings is 1. The first-order chi connectivity index (χ1) is 14.8. The molecule has 2 aliphatic heterocycles. The number of thiazole rings is 1. The zero-order valence-corrected chi connectivity index (χ0v) is 17.9. The van der Waals surface area contributed by atoms with Crippen LogP contribution in [0.4, 0.5) is 5.69 Å². The number of benzene rings is 2. The van der Waals surface area contributed by atoms with Crippen LogP contribution in [0.1, 0.15) is 10.6 Å². The van der Waals surface area contributed by atoms with E-state index in [0.29, 0.717) is 6.54 Å². The molecular weight excluding hydrogens is 392 g/mol. The van der Waals surface area contributed by atoms with Crippen molar-refractivity contribution in [2.24, 2.45) is 0 Å². The zero-order valence-electron chi connectivity index (χ0n) is 17.0. The summed E-state index contributed by atoms with van der Waals surface area (Å²) in [6.45, 7) is 6.02. The Morgan fingerprint density at radius 3 is 2.47 bits per heavy atom. The van der Waals surface area contributed by atoms with Crippen LogP contribution in [0.15, 0.2) is 60.0 Å². The molecule has 5 nitrogen and oxygen atoms in total. The lowest BCUT2D eigenvalue weighted by Crippen LogP contribution is -2.49. The van der Waals surface area contributed by atoms with Gasteiger partial charge in [-0.3, -0.25) is 14.6 Å². The molecular formula is C24H26N4OS. The molecule has 0 N–H and O–H groups in total. The second-order valence-electron chi connectivity index (χ2n) is 7.97. The Labute approximate surface area is 181 Å². The van der Waals surface area contributed by atoms with Gasteiger partial charge in [0.1, 0.15) is 5.01 Å². The summed E-state index contributed by atoms with van der Waals surface area (Å²) in [5.74, 6) is 0.223. The van der Waals surface area contributed by atoms with Crippen molar-refractivity contribution in [3.05, 3.63) is 70.5 Å². The maximum atomic E-state index is 12.8. The molecule has 3 heterocycles. The molecule has 154 valence electrons. The van der Waals surface area contributed by atoms with Crippen molar-refractivity contribution in [2.75, 3.05) is 44.2 Å². The van der Waals surface area contributed by atoms with Crippen molar-refractivity contribution in [3.8, 4) is 11.3 Å². The summed E-state index contributed by atoms with van der Waals surface area (Å²) in [6, 6.07) is 18.6. The van der Waals surface area contributed by atoms with Crippen molar-refractivity contribution in [2.45, 2.75) is 13.0 Å². The Morgan fingerprint density at radius 1 is 0.900 bits per heavy atom. The second-order valence-corrected chi connectivity index (χ2v) is 8.91. The number of carbonyl (C=O) groups excluding carboxylic acids is 1. The summed E-state index contributed by atoms with van der Waals surface area (Å²) in [7, 11) is 0. The van der Waals surface area contributed by atoms with Gasteiger partial charge in [0, 0.05) is 49.4 Å². The van der Waals surface area contributed by atoms with Crippen LogP contribution in [0.25, 0.3) is 11.3 Å². The highest BCUT2D eigenvalue weighted by molar-refractivity contribution is 7.09. The van der Waals surface area contributed by atoms with Gasteiger partial charge in [0.05, 0.1) is 18.8 Å².